The van der Waals surface area contributed by atoms with Crippen LogP contribution in [0.15, 0.2) is 54.9 Å². The van der Waals surface area contributed by atoms with E-state index in [1.165, 1.54) is 18.3 Å². The van der Waals surface area contributed by atoms with Crippen molar-refractivity contribution in [2.45, 2.75) is 19.1 Å². The van der Waals surface area contributed by atoms with E-state index in [1.54, 1.807) is 6.20 Å². The van der Waals surface area contributed by atoms with E-state index in [4.69, 9.17) is 4.74 Å². The molecule has 1 saturated heterocycles. The van der Waals surface area contributed by atoms with Crippen molar-refractivity contribution in [1.82, 2.24) is 15.5 Å². The van der Waals surface area contributed by atoms with Crippen molar-refractivity contribution >= 4 is 11.6 Å². The Morgan fingerprint density at radius 3 is 2.72 bits per heavy atom. The number of hydrogen-bond acceptors (Lipinski definition) is 5. The molecule has 4 rings (SSSR count). The fraction of sp³-hybridized carbons (Fsp3) is 0.238. The highest BCUT2D eigenvalue weighted by molar-refractivity contribution is 5.93. The molecular weight excluding hydrogens is 375 g/mol. The second-order valence-electron chi connectivity index (χ2n) is 7.03. The number of H-pyrrole nitrogens is 1. The Morgan fingerprint density at radius 2 is 2.07 bits per heavy atom. The largest absolute Gasteiger partial charge is 0.508 e. The van der Waals surface area contributed by atoms with E-state index >= 15 is 0 Å². The fourth-order valence-corrected chi connectivity index (χ4v) is 3.20. The number of aromatic nitrogens is 2. The van der Waals surface area contributed by atoms with Gasteiger partial charge in [0.2, 0.25) is 0 Å². The monoisotopic (exact) mass is 396 g/mol. The maximum Gasteiger partial charge on any atom is 0.254 e. The number of phenols is 1. The Labute approximate surface area is 167 Å². The second-order valence-corrected chi connectivity index (χ2v) is 7.03. The first-order valence-electron chi connectivity index (χ1n) is 9.29. The summed E-state index contributed by atoms with van der Waals surface area (Å²) in [6, 6.07) is 11.7. The number of aromatic hydroxyl groups is 1. The molecule has 0 radical (unpaired) electrons. The number of aromatic amines is 1. The van der Waals surface area contributed by atoms with Crippen LogP contribution in [0, 0.1) is 5.82 Å². The Balaban J connectivity index is 1.30. The molecule has 7 nitrogen and oxygen atoms in total. The number of nitrogens with one attached hydrogen (secondary N) is 2. The fourth-order valence-electron chi connectivity index (χ4n) is 3.20. The van der Waals surface area contributed by atoms with Crippen LogP contribution in [0.4, 0.5) is 10.1 Å². The topological polar surface area (TPSA) is 90.5 Å². The lowest BCUT2D eigenvalue weighted by molar-refractivity contribution is 0.0940. The predicted octanol–water partition coefficient (Wildman–Crippen LogP) is 3.01. The molecule has 8 heteroatoms. The molecular formula is C21H21FN4O3. The minimum Gasteiger partial charge on any atom is -0.508 e. The summed E-state index contributed by atoms with van der Waals surface area (Å²) >= 11 is 0. The average Bonchev–Trinajstić information content (AvgIpc) is 3.21. The van der Waals surface area contributed by atoms with Gasteiger partial charge in [0.05, 0.1) is 30.9 Å². The number of carbonyl (C=O) groups excluding carboxylic acids is 1. The summed E-state index contributed by atoms with van der Waals surface area (Å²) in [5.41, 5.74) is 2.52. The highest BCUT2D eigenvalue weighted by Gasteiger charge is 2.29. The molecule has 0 saturated carbocycles. The van der Waals surface area contributed by atoms with Crippen LogP contribution in [-0.4, -0.2) is 40.4 Å². The van der Waals surface area contributed by atoms with E-state index in [0.717, 1.165) is 17.3 Å². The van der Waals surface area contributed by atoms with E-state index in [9.17, 15) is 14.3 Å². The van der Waals surface area contributed by atoms with Gasteiger partial charge in [0, 0.05) is 18.0 Å². The van der Waals surface area contributed by atoms with Crippen molar-refractivity contribution in [2.24, 2.45) is 0 Å². The number of amides is 1. The molecule has 29 heavy (non-hydrogen) atoms. The second kappa shape index (κ2) is 7.83. The molecule has 0 aliphatic carbocycles. The number of benzene rings is 2. The molecule has 0 bridgehead atoms. The lowest BCUT2D eigenvalue weighted by Gasteiger charge is -2.40. The van der Waals surface area contributed by atoms with E-state index < -0.39 is 5.82 Å². The van der Waals surface area contributed by atoms with Crippen molar-refractivity contribution in [3.8, 4) is 11.5 Å². The number of ether oxygens (including phenoxy) is 1. The zero-order chi connectivity index (χ0) is 20.4. The molecule has 1 fully saturated rings. The SMILES string of the molecule is C[C@H](NC(=O)c1cn[nH]c1)c1ccc(N2CC(Oc3ccc(O)cc3F)C2)cc1. The lowest BCUT2D eigenvalue weighted by Crippen LogP contribution is -2.54. The number of nitrogens with zero attached hydrogens (tertiary/aromatic N) is 2. The van der Waals surface area contributed by atoms with Crippen molar-refractivity contribution in [3.63, 3.8) is 0 Å². The summed E-state index contributed by atoms with van der Waals surface area (Å²) in [7, 11) is 0. The molecule has 2 aromatic carbocycles. The first kappa shape index (κ1) is 18.8. The van der Waals surface area contributed by atoms with Crippen LogP contribution >= 0.6 is 0 Å². The van der Waals surface area contributed by atoms with Crippen molar-refractivity contribution in [1.29, 1.82) is 0 Å². The van der Waals surface area contributed by atoms with Gasteiger partial charge in [-0.25, -0.2) is 4.39 Å². The Hall–Kier alpha value is -3.55. The van der Waals surface area contributed by atoms with E-state index in [-0.39, 0.29) is 29.6 Å². The minimum absolute atomic E-state index is 0.109. The van der Waals surface area contributed by atoms with Crippen LogP contribution < -0.4 is 15.0 Å². The summed E-state index contributed by atoms with van der Waals surface area (Å²) < 4.78 is 19.4. The maximum atomic E-state index is 13.8. The summed E-state index contributed by atoms with van der Waals surface area (Å²) in [4.78, 5) is 14.2. The number of anilines is 1. The van der Waals surface area contributed by atoms with Gasteiger partial charge < -0.3 is 20.1 Å². The summed E-state index contributed by atoms with van der Waals surface area (Å²) in [6.07, 6.45) is 2.93. The first-order chi connectivity index (χ1) is 14.0. The molecule has 3 aromatic rings. The standard InChI is InChI=1S/C21H21FN4O3/c1-13(25-21(28)15-9-23-24-10-15)14-2-4-16(5-3-14)26-11-18(12-26)29-20-7-6-17(27)8-19(20)22/h2-10,13,18,27H,11-12H2,1H3,(H,23,24)(H,25,28)/t13-/m0/s1. The summed E-state index contributed by atoms with van der Waals surface area (Å²) in [6.45, 7) is 3.21. The van der Waals surface area contributed by atoms with Crippen molar-refractivity contribution in [3.05, 3.63) is 71.8 Å². The number of halogens is 1. The third-order valence-electron chi connectivity index (χ3n) is 4.92. The number of phenolic OH excluding ortho intramolecular Hbond substituents is 1. The molecule has 3 N–H and O–H groups in total. The van der Waals surface area contributed by atoms with E-state index in [1.807, 2.05) is 31.2 Å². The Morgan fingerprint density at radius 1 is 1.31 bits per heavy atom. The molecule has 0 spiro atoms. The van der Waals surface area contributed by atoms with Gasteiger partial charge in [0.25, 0.3) is 5.91 Å². The third kappa shape index (κ3) is 4.16. The van der Waals surface area contributed by atoms with Crippen molar-refractivity contribution in [2.75, 3.05) is 18.0 Å². The predicted molar refractivity (Wildman–Crippen MR) is 106 cm³/mol. The highest BCUT2D eigenvalue weighted by atomic mass is 19.1. The molecule has 150 valence electrons. The summed E-state index contributed by atoms with van der Waals surface area (Å²) in [5, 5.41) is 18.6. The van der Waals surface area contributed by atoms with Crippen LogP contribution in [0.1, 0.15) is 28.9 Å². The van der Waals surface area contributed by atoms with Gasteiger partial charge in [-0.2, -0.15) is 5.10 Å². The minimum atomic E-state index is -0.570. The Kier molecular flexibility index (Phi) is 5.07. The summed E-state index contributed by atoms with van der Waals surface area (Å²) in [5.74, 6) is -0.732. The number of hydrogen-bond donors (Lipinski definition) is 3. The van der Waals surface area contributed by atoms with Gasteiger partial charge >= 0.3 is 0 Å². The quantitative estimate of drug-likeness (QED) is 0.596. The third-order valence-corrected chi connectivity index (χ3v) is 4.92. The molecule has 0 unspecified atom stereocenters. The molecule has 1 aromatic heterocycles. The average molecular weight is 396 g/mol. The normalized spacial score (nSPS) is 14.9. The smallest absolute Gasteiger partial charge is 0.254 e. The van der Waals surface area contributed by atoms with E-state index in [2.05, 4.69) is 20.4 Å². The van der Waals surface area contributed by atoms with Crippen LogP contribution in [0.5, 0.6) is 11.5 Å². The Bertz CT molecular complexity index is 986. The van der Waals surface area contributed by atoms with Crippen LogP contribution in [0.2, 0.25) is 0 Å². The molecule has 1 amide bonds. The molecule has 1 aliphatic rings. The molecule has 2 heterocycles. The van der Waals surface area contributed by atoms with Gasteiger partial charge in [0.15, 0.2) is 11.6 Å². The molecule has 1 aliphatic heterocycles. The van der Waals surface area contributed by atoms with Gasteiger partial charge in [0.1, 0.15) is 11.9 Å². The molecule has 1 atom stereocenters. The van der Waals surface area contributed by atoms with Crippen molar-refractivity contribution < 1.29 is 19.0 Å². The van der Waals surface area contributed by atoms with Gasteiger partial charge in [-0.1, -0.05) is 12.1 Å². The first-order valence-corrected chi connectivity index (χ1v) is 9.29. The number of carbonyl (C=O) groups is 1. The van der Waals surface area contributed by atoms with Gasteiger partial charge in [-0.15, -0.1) is 0 Å². The highest BCUT2D eigenvalue weighted by Crippen LogP contribution is 2.28. The van der Waals surface area contributed by atoms with Crippen LogP contribution in [-0.2, 0) is 0 Å². The van der Waals surface area contributed by atoms with Gasteiger partial charge in [-0.05, 0) is 36.8 Å². The van der Waals surface area contributed by atoms with E-state index in [0.29, 0.717) is 18.7 Å². The zero-order valence-corrected chi connectivity index (χ0v) is 15.8. The number of rotatable bonds is 6. The lowest BCUT2D eigenvalue weighted by atomic mass is 10.1. The van der Waals surface area contributed by atoms with Gasteiger partial charge in [-0.3, -0.25) is 9.89 Å². The maximum absolute atomic E-state index is 13.8. The van der Waals surface area contributed by atoms with Crippen LogP contribution in [0.25, 0.3) is 0 Å². The zero-order valence-electron chi connectivity index (χ0n) is 15.8. The van der Waals surface area contributed by atoms with Crippen LogP contribution in [0.3, 0.4) is 0 Å².